The van der Waals surface area contributed by atoms with Gasteiger partial charge in [0.1, 0.15) is 18.1 Å². The number of carbonyl (C=O) groups excluding carboxylic acids is 1. The van der Waals surface area contributed by atoms with Gasteiger partial charge in [-0.3, -0.25) is 14.9 Å². The molecule has 2 rings (SSSR count). The van der Waals surface area contributed by atoms with Gasteiger partial charge in [-0.1, -0.05) is 30.3 Å². The number of rotatable bonds is 5. The van der Waals surface area contributed by atoms with Gasteiger partial charge in [0.25, 0.3) is 5.69 Å². The first kappa shape index (κ1) is 13.5. The Morgan fingerprint density at radius 3 is 2.45 bits per heavy atom. The minimum Gasteiger partial charge on any atom is -0.368 e. The molecule has 7 heteroatoms. The van der Waals surface area contributed by atoms with Crippen LogP contribution in [0.5, 0.6) is 0 Å². The molecule has 102 valence electrons. The van der Waals surface area contributed by atoms with Crippen LogP contribution in [0.2, 0.25) is 0 Å². The molecule has 1 atom stereocenters. The zero-order chi connectivity index (χ0) is 14.5. The van der Waals surface area contributed by atoms with Crippen LogP contribution in [0.15, 0.2) is 48.7 Å². The van der Waals surface area contributed by atoms with E-state index in [1.807, 2.05) is 6.07 Å². The van der Waals surface area contributed by atoms with Gasteiger partial charge >= 0.3 is 0 Å². The van der Waals surface area contributed by atoms with Crippen molar-refractivity contribution >= 4 is 17.4 Å². The number of nitrogens with one attached hydrogen (secondary N) is 1. The number of nitrogens with two attached hydrogens (primary N) is 1. The number of benzene rings is 1. The van der Waals surface area contributed by atoms with E-state index in [2.05, 4.69) is 10.3 Å². The summed E-state index contributed by atoms with van der Waals surface area (Å²) < 4.78 is 0. The van der Waals surface area contributed by atoms with E-state index in [-0.39, 0.29) is 5.69 Å². The lowest BCUT2D eigenvalue weighted by Crippen LogP contribution is -2.28. The van der Waals surface area contributed by atoms with Gasteiger partial charge in [0.2, 0.25) is 5.91 Å². The fourth-order valence-electron chi connectivity index (χ4n) is 1.69. The summed E-state index contributed by atoms with van der Waals surface area (Å²) in [5, 5.41) is 13.4. The summed E-state index contributed by atoms with van der Waals surface area (Å²) in [7, 11) is 0. The molecular weight excluding hydrogens is 260 g/mol. The smallest absolute Gasteiger partial charge is 0.287 e. The van der Waals surface area contributed by atoms with Crippen molar-refractivity contribution in [1.82, 2.24) is 4.98 Å². The second-order valence-corrected chi connectivity index (χ2v) is 4.05. The first-order chi connectivity index (χ1) is 9.58. The summed E-state index contributed by atoms with van der Waals surface area (Å²) in [5.41, 5.74) is 5.93. The van der Waals surface area contributed by atoms with Gasteiger partial charge in [-0.25, -0.2) is 4.98 Å². The Morgan fingerprint density at radius 1 is 1.25 bits per heavy atom. The van der Waals surface area contributed by atoms with Crippen molar-refractivity contribution in [2.75, 3.05) is 5.32 Å². The van der Waals surface area contributed by atoms with E-state index >= 15 is 0 Å². The summed E-state index contributed by atoms with van der Waals surface area (Å²) in [4.78, 5) is 25.4. The monoisotopic (exact) mass is 272 g/mol. The molecular formula is C13H12N4O3. The quantitative estimate of drug-likeness (QED) is 0.634. The fourth-order valence-corrected chi connectivity index (χ4v) is 1.69. The van der Waals surface area contributed by atoms with Crippen LogP contribution >= 0.6 is 0 Å². The minimum atomic E-state index is -0.745. The molecule has 1 aromatic heterocycles. The van der Waals surface area contributed by atoms with E-state index in [0.717, 1.165) is 6.20 Å². The number of anilines is 1. The third-order valence-electron chi connectivity index (χ3n) is 2.67. The molecule has 0 aliphatic rings. The first-order valence-electron chi connectivity index (χ1n) is 5.79. The third kappa shape index (κ3) is 3.08. The number of amides is 1. The van der Waals surface area contributed by atoms with Gasteiger partial charge in [-0.2, -0.15) is 0 Å². The normalized spacial score (nSPS) is 11.6. The van der Waals surface area contributed by atoms with E-state index in [1.165, 1.54) is 12.1 Å². The average molecular weight is 272 g/mol. The maximum absolute atomic E-state index is 11.5. The summed E-state index contributed by atoms with van der Waals surface area (Å²) >= 11 is 0. The molecule has 0 bridgehead atoms. The maximum atomic E-state index is 11.5. The molecule has 0 saturated heterocycles. The topological polar surface area (TPSA) is 111 Å². The number of pyridine rings is 1. The van der Waals surface area contributed by atoms with Crippen LogP contribution < -0.4 is 11.1 Å². The van der Waals surface area contributed by atoms with Crippen molar-refractivity contribution in [2.45, 2.75) is 6.04 Å². The Labute approximate surface area is 114 Å². The summed E-state index contributed by atoms with van der Waals surface area (Å²) in [6.07, 6.45) is 1.12. The minimum absolute atomic E-state index is 0.120. The van der Waals surface area contributed by atoms with E-state index in [4.69, 9.17) is 5.73 Å². The summed E-state index contributed by atoms with van der Waals surface area (Å²) in [5.74, 6) is -0.223. The largest absolute Gasteiger partial charge is 0.368 e. The van der Waals surface area contributed by atoms with Gasteiger partial charge in [0, 0.05) is 6.07 Å². The molecule has 0 fully saturated rings. The number of nitro groups is 1. The zero-order valence-electron chi connectivity index (χ0n) is 10.4. The second kappa shape index (κ2) is 5.79. The van der Waals surface area contributed by atoms with Gasteiger partial charge in [-0.05, 0) is 11.6 Å². The Hall–Kier alpha value is -2.96. The standard InChI is InChI=1S/C13H12N4O3/c14-13(18)12(9-4-2-1-3-5-9)16-11-7-6-10(8-15-11)17(19)20/h1-8,12H,(H2,14,18)(H,15,16). The van der Waals surface area contributed by atoms with Crippen LogP contribution in [0.1, 0.15) is 11.6 Å². The van der Waals surface area contributed by atoms with Gasteiger partial charge in [0.15, 0.2) is 0 Å². The molecule has 0 aliphatic carbocycles. The summed E-state index contributed by atoms with van der Waals surface area (Å²) in [6.45, 7) is 0. The van der Waals surface area contributed by atoms with Crippen molar-refractivity contribution in [3.05, 3.63) is 64.3 Å². The van der Waals surface area contributed by atoms with E-state index in [0.29, 0.717) is 11.4 Å². The molecule has 7 nitrogen and oxygen atoms in total. The predicted octanol–water partition coefficient (Wildman–Crippen LogP) is 1.63. The Balaban J connectivity index is 2.21. The Kier molecular flexibility index (Phi) is 3.90. The zero-order valence-corrected chi connectivity index (χ0v) is 10.4. The van der Waals surface area contributed by atoms with Gasteiger partial charge in [-0.15, -0.1) is 0 Å². The summed E-state index contributed by atoms with van der Waals surface area (Å²) in [6, 6.07) is 10.9. The number of hydrogen-bond donors (Lipinski definition) is 2. The number of carbonyl (C=O) groups is 1. The second-order valence-electron chi connectivity index (χ2n) is 4.05. The maximum Gasteiger partial charge on any atom is 0.287 e. The highest BCUT2D eigenvalue weighted by atomic mass is 16.6. The van der Waals surface area contributed by atoms with Crippen molar-refractivity contribution in [3.8, 4) is 0 Å². The lowest BCUT2D eigenvalue weighted by molar-refractivity contribution is -0.385. The van der Waals surface area contributed by atoms with Crippen molar-refractivity contribution in [2.24, 2.45) is 5.73 Å². The van der Waals surface area contributed by atoms with Crippen molar-refractivity contribution in [3.63, 3.8) is 0 Å². The molecule has 1 heterocycles. The number of hydrogen-bond acceptors (Lipinski definition) is 5. The average Bonchev–Trinajstić information content (AvgIpc) is 2.46. The molecule has 0 saturated carbocycles. The lowest BCUT2D eigenvalue weighted by atomic mass is 10.1. The van der Waals surface area contributed by atoms with Gasteiger partial charge < -0.3 is 11.1 Å². The molecule has 1 amide bonds. The SMILES string of the molecule is NC(=O)C(Nc1ccc([N+](=O)[O-])cn1)c1ccccc1. The van der Waals surface area contributed by atoms with Crippen molar-refractivity contribution < 1.29 is 9.72 Å². The predicted molar refractivity (Wildman–Crippen MR) is 72.9 cm³/mol. The van der Waals surface area contributed by atoms with E-state index in [9.17, 15) is 14.9 Å². The fraction of sp³-hybridized carbons (Fsp3) is 0.0769. The molecule has 1 unspecified atom stereocenters. The van der Waals surface area contributed by atoms with Crippen LogP contribution in [-0.4, -0.2) is 15.8 Å². The van der Waals surface area contributed by atoms with Crippen LogP contribution in [0.25, 0.3) is 0 Å². The third-order valence-corrected chi connectivity index (χ3v) is 2.67. The molecule has 1 aromatic carbocycles. The van der Waals surface area contributed by atoms with Crippen LogP contribution in [0.4, 0.5) is 11.5 Å². The van der Waals surface area contributed by atoms with E-state index < -0.39 is 16.9 Å². The Morgan fingerprint density at radius 2 is 1.95 bits per heavy atom. The molecule has 2 aromatic rings. The van der Waals surface area contributed by atoms with Crippen LogP contribution in [0, 0.1) is 10.1 Å². The molecule has 0 radical (unpaired) electrons. The highest BCUT2D eigenvalue weighted by Crippen LogP contribution is 2.19. The Bertz CT molecular complexity index is 613. The number of primary amides is 1. The molecule has 20 heavy (non-hydrogen) atoms. The molecule has 0 aliphatic heterocycles. The molecule has 3 N–H and O–H groups in total. The van der Waals surface area contributed by atoms with Crippen LogP contribution in [-0.2, 0) is 4.79 Å². The molecule has 0 spiro atoms. The van der Waals surface area contributed by atoms with Crippen molar-refractivity contribution in [1.29, 1.82) is 0 Å². The van der Waals surface area contributed by atoms with Crippen LogP contribution in [0.3, 0.4) is 0 Å². The highest BCUT2D eigenvalue weighted by molar-refractivity contribution is 5.84. The lowest BCUT2D eigenvalue weighted by Gasteiger charge is -2.16. The first-order valence-corrected chi connectivity index (χ1v) is 5.79. The van der Waals surface area contributed by atoms with Gasteiger partial charge in [0.05, 0.1) is 4.92 Å². The highest BCUT2D eigenvalue weighted by Gasteiger charge is 2.18. The number of nitrogens with zero attached hydrogens (tertiary/aromatic N) is 2. The van der Waals surface area contributed by atoms with E-state index in [1.54, 1.807) is 24.3 Å². The number of aromatic nitrogens is 1.